The summed E-state index contributed by atoms with van der Waals surface area (Å²) < 4.78 is 12.3. The number of rotatable bonds is 8. The molecule has 1 rings (SSSR count). The quantitative estimate of drug-likeness (QED) is 0.306. The van der Waals surface area contributed by atoms with E-state index in [1.165, 1.54) is 0 Å². The Labute approximate surface area is 157 Å². The Morgan fingerprint density at radius 3 is 2.59 bits per heavy atom. The molecule has 5 nitrogen and oxygen atoms in total. The van der Waals surface area contributed by atoms with E-state index in [1.807, 2.05) is 13.0 Å². The van der Waals surface area contributed by atoms with Crippen LogP contribution in [0.15, 0.2) is 12.1 Å². The van der Waals surface area contributed by atoms with Crippen LogP contribution in [0.2, 0.25) is 0 Å². The van der Waals surface area contributed by atoms with E-state index in [2.05, 4.69) is 45.2 Å². The zero-order valence-corrected chi connectivity index (χ0v) is 16.7. The monoisotopic (exact) mass is 533 g/mol. The van der Waals surface area contributed by atoms with Crippen molar-refractivity contribution >= 4 is 51.2 Å². The van der Waals surface area contributed by atoms with Crippen molar-refractivity contribution in [3.05, 3.63) is 31.3 Å². The zero-order valence-electron chi connectivity index (χ0n) is 12.4. The molecule has 2 unspecified atom stereocenters. The average Bonchev–Trinajstić information content (AvgIpc) is 2.50. The minimum absolute atomic E-state index is 0.0534. The standard InChI is InChI=1S/C15H19I2O5/c1-3-10(18)7-21-14-12(5-9(16)6-13(14)17)15(20)22-8-11(19)4-2/h3,5-6,10-11,18-19H,4,7-8H2,1-2H3/q+1. The normalized spacial score (nSPS) is 13.4. The van der Waals surface area contributed by atoms with Gasteiger partial charge in [-0.1, -0.05) is 6.92 Å². The molecule has 0 fully saturated rings. The van der Waals surface area contributed by atoms with E-state index in [0.717, 1.165) is 7.14 Å². The maximum atomic E-state index is 12.2. The van der Waals surface area contributed by atoms with Crippen molar-refractivity contribution in [1.29, 1.82) is 0 Å². The first-order chi connectivity index (χ1) is 10.4. The number of esters is 1. The fourth-order valence-electron chi connectivity index (χ4n) is 1.49. The number of hydrogen-bond acceptors (Lipinski definition) is 5. The number of ether oxygens (including phenoxy) is 2. The molecule has 1 aromatic carbocycles. The first-order valence-corrected chi connectivity index (χ1v) is 8.99. The van der Waals surface area contributed by atoms with Crippen LogP contribution >= 0.6 is 45.2 Å². The molecule has 1 aromatic rings. The highest BCUT2D eigenvalue weighted by Crippen LogP contribution is 2.29. The van der Waals surface area contributed by atoms with Gasteiger partial charge in [-0.3, -0.25) is 0 Å². The second kappa shape index (κ2) is 9.78. The van der Waals surface area contributed by atoms with Crippen LogP contribution in [0.4, 0.5) is 0 Å². The average molecular weight is 533 g/mol. The van der Waals surface area contributed by atoms with Gasteiger partial charge in [0.05, 0.1) is 16.6 Å². The molecule has 2 N–H and O–H groups in total. The van der Waals surface area contributed by atoms with Crippen LogP contribution in [0.5, 0.6) is 5.75 Å². The number of benzene rings is 1. The predicted octanol–water partition coefficient (Wildman–Crippen LogP) is 2.79. The summed E-state index contributed by atoms with van der Waals surface area (Å²) in [6.07, 6.45) is 0.737. The lowest BCUT2D eigenvalue weighted by Crippen LogP contribution is -2.21. The summed E-state index contributed by atoms with van der Waals surface area (Å²) in [4.78, 5) is 12.2. The Kier molecular flexibility index (Phi) is 8.80. The van der Waals surface area contributed by atoms with E-state index >= 15 is 0 Å². The van der Waals surface area contributed by atoms with Gasteiger partial charge >= 0.3 is 5.97 Å². The summed E-state index contributed by atoms with van der Waals surface area (Å²) in [5, 5.41) is 19.1. The zero-order chi connectivity index (χ0) is 16.7. The molecule has 7 heteroatoms. The molecule has 0 aliphatic rings. The number of aliphatic hydroxyl groups is 2. The van der Waals surface area contributed by atoms with Gasteiger partial charge in [0.25, 0.3) is 0 Å². The van der Waals surface area contributed by atoms with Crippen molar-refractivity contribution in [2.24, 2.45) is 0 Å². The van der Waals surface area contributed by atoms with Crippen molar-refractivity contribution in [2.45, 2.75) is 32.5 Å². The molecule has 0 aromatic heterocycles. The van der Waals surface area contributed by atoms with Gasteiger partial charge in [0.1, 0.15) is 24.3 Å². The molecule has 122 valence electrons. The molecular formula is C15H19I2O5+. The maximum Gasteiger partial charge on any atom is 0.342 e. The lowest BCUT2D eigenvalue weighted by atomic mass is 10.2. The van der Waals surface area contributed by atoms with Crippen LogP contribution in [0, 0.1) is 13.6 Å². The minimum atomic E-state index is -0.708. The van der Waals surface area contributed by atoms with Gasteiger partial charge in [0, 0.05) is 3.57 Å². The summed E-state index contributed by atoms with van der Waals surface area (Å²) in [7, 11) is 0. The molecule has 0 amide bonds. The number of aliphatic hydroxyl groups excluding tert-OH is 2. The van der Waals surface area contributed by atoms with E-state index in [9.17, 15) is 15.0 Å². The topological polar surface area (TPSA) is 76.0 Å². The Balaban J connectivity index is 2.93. The second-order valence-corrected chi connectivity index (χ2v) is 7.04. The lowest BCUT2D eigenvalue weighted by molar-refractivity contribution is 0.0244. The Bertz CT molecular complexity index is 507. The van der Waals surface area contributed by atoms with E-state index in [0.29, 0.717) is 17.7 Å². The summed E-state index contributed by atoms with van der Waals surface area (Å²) >= 11 is 4.18. The first kappa shape index (κ1) is 19.8. The third-order valence-corrected chi connectivity index (χ3v) is 4.31. The van der Waals surface area contributed by atoms with E-state index < -0.39 is 18.2 Å². The minimum Gasteiger partial charge on any atom is -0.484 e. The molecule has 0 saturated heterocycles. The summed E-state index contributed by atoms with van der Waals surface area (Å²) in [6, 6.07) is 3.54. The summed E-state index contributed by atoms with van der Waals surface area (Å²) in [5.74, 6) is -0.160. The molecule has 0 aliphatic carbocycles. The summed E-state index contributed by atoms with van der Waals surface area (Å²) in [6.45, 7) is 3.55. The van der Waals surface area contributed by atoms with Gasteiger partial charge in [-0.2, -0.15) is 0 Å². The van der Waals surface area contributed by atoms with E-state index in [1.54, 1.807) is 19.4 Å². The number of halogens is 2. The molecule has 0 saturated carbocycles. The lowest BCUT2D eigenvalue weighted by Gasteiger charge is -2.15. The van der Waals surface area contributed by atoms with Crippen LogP contribution in [0.25, 0.3) is 0 Å². The van der Waals surface area contributed by atoms with Crippen LogP contribution < -0.4 is 4.74 Å². The highest BCUT2D eigenvalue weighted by molar-refractivity contribution is 14.1. The van der Waals surface area contributed by atoms with Gasteiger partial charge in [-0.15, -0.1) is 0 Å². The fraction of sp³-hybridized carbons (Fsp3) is 0.467. The van der Waals surface area contributed by atoms with Gasteiger partial charge in [-0.05, 0) is 63.7 Å². The number of carbonyl (C=O) groups is 1. The van der Waals surface area contributed by atoms with Crippen LogP contribution in [0.1, 0.15) is 30.6 Å². The van der Waals surface area contributed by atoms with Crippen molar-refractivity contribution in [3.8, 4) is 5.75 Å². The molecule has 2 atom stereocenters. The fourth-order valence-corrected chi connectivity index (χ4v) is 3.49. The molecular weight excluding hydrogens is 514 g/mol. The van der Waals surface area contributed by atoms with Crippen LogP contribution in [-0.2, 0) is 4.74 Å². The van der Waals surface area contributed by atoms with Gasteiger partial charge in [0.15, 0.2) is 6.61 Å². The summed E-state index contributed by atoms with van der Waals surface area (Å²) in [5.41, 5.74) is 0.294. The van der Waals surface area contributed by atoms with Gasteiger partial charge < -0.3 is 19.7 Å². The molecule has 0 bridgehead atoms. The van der Waals surface area contributed by atoms with Crippen molar-refractivity contribution in [3.63, 3.8) is 0 Å². The Morgan fingerprint density at radius 1 is 1.32 bits per heavy atom. The number of hydrogen-bond donors (Lipinski definition) is 2. The van der Waals surface area contributed by atoms with Gasteiger partial charge in [-0.25, -0.2) is 4.79 Å². The largest absolute Gasteiger partial charge is 0.484 e. The highest BCUT2D eigenvalue weighted by Gasteiger charge is 2.21. The molecule has 0 heterocycles. The molecule has 0 aliphatic heterocycles. The van der Waals surface area contributed by atoms with E-state index in [4.69, 9.17) is 9.47 Å². The SMILES string of the molecule is C[CH+]C(O)COc1c(I)cc(I)cc1C(=O)OCC(O)CC. The molecule has 22 heavy (non-hydrogen) atoms. The van der Waals surface area contributed by atoms with Gasteiger partial charge in [0.2, 0.25) is 6.10 Å². The third kappa shape index (κ3) is 6.09. The highest BCUT2D eigenvalue weighted by atomic mass is 127. The van der Waals surface area contributed by atoms with Crippen LogP contribution in [-0.4, -0.2) is 41.6 Å². The smallest absolute Gasteiger partial charge is 0.342 e. The Morgan fingerprint density at radius 2 is 2.00 bits per heavy atom. The van der Waals surface area contributed by atoms with Crippen molar-refractivity contribution < 1.29 is 24.5 Å². The molecule has 0 radical (unpaired) electrons. The maximum absolute atomic E-state index is 12.2. The van der Waals surface area contributed by atoms with E-state index in [-0.39, 0.29) is 13.2 Å². The first-order valence-electron chi connectivity index (χ1n) is 6.83. The van der Waals surface area contributed by atoms with Crippen LogP contribution in [0.3, 0.4) is 0 Å². The number of carbonyl (C=O) groups excluding carboxylic acids is 1. The third-order valence-electron chi connectivity index (χ3n) is 2.89. The van der Waals surface area contributed by atoms with Crippen molar-refractivity contribution in [2.75, 3.05) is 13.2 Å². The second-order valence-electron chi connectivity index (χ2n) is 4.64. The Hall–Kier alpha value is -0.260. The predicted molar refractivity (Wildman–Crippen MR) is 99.9 cm³/mol. The van der Waals surface area contributed by atoms with Crippen molar-refractivity contribution in [1.82, 2.24) is 0 Å². The molecule has 0 spiro atoms.